The smallest absolute Gasteiger partial charge is 0.406 e. The fourth-order valence-corrected chi connectivity index (χ4v) is 2.54. The second kappa shape index (κ2) is 6.44. The maximum absolute atomic E-state index is 12.0. The van der Waals surface area contributed by atoms with Crippen LogP contribution in [0.3, 0.4) is 0 Å². The average molecular weight is 317 g/mol. The fraction of sp³-hybridized carbons (Fsp3) is 0.357. The Labute approximate surface area is 124 Å². The van der Waals surface area contributed by atoms with Gasteiger partial charge in [0.15, 0.2) is 0 Å². The van der Waals surface area contributed by atoms with E-state index in [1.807, 2.05) is 12.3 Å². The van der Waals surface area contributed by atoms with Crippen molar-refractivity contribution in [2.75, 3.05) is 0 Å². The van der Waals surface area contributed by atoms with Gasteiger partial charge in [-0.15, -0.1) is 24.5 Å². The summed E-state index contributed by atoms with van der Waals surface area (Å²) in [5.41, 5.74) is 1.56. The number of alkyl halides is 3. The van der Waals surface area contributed by atoms with Crippen molar-refractivity contribution in [3.63, 3.8) is 0 Å². The first-order valence-corrected chi connectivity index (χ1v) is 7.13. The molecule has 0 spiro atoms. The molecule has 0 radical (unpaired) electrons. The maximum Gasteiger partial charge on any atom is 0.573 e. The number of thiazole rings is 1. The van der Waals surface area contributed by atoms with E-state index in [2.05, 4.69) is 9.72 Å². The van der Waals surface area contributed by atoms with Gasteiger partial charge in [-0.2, -0.15) is 0 Å². The van der Waals surface area contributed by atoms with E-state index in [-0.39, 0.29) is 5.75 Å². The molecule has 0 bridgehead atoms. The minimum Gasteiger partial charge on any atom is -0.406 e. The number of aromatic nitrogens is 1. The number of aliphatic hydroxyl groups excluding tert-OH is 1. The molecular weight excluding hydrogens is 303 g/mol. The van der Waals surface area contributed by atoms with E-state index in [9.17, 15) is 18.3 Å². The molecule has 21 heavy (non-hydrogen) atoms. The molecule has 7 heteroatoms. The molecule has 0 aliphatic carbocycles. The second-order valence-electron chi connectivity index (χ2n) is 4.61. The van der Waals surface area contributed by atoms with Crippen molar-refractivity contribution in [1.29, 1.82) is 0 Å². The van der Waals surface area contributed by atoms with Crippen molar-refractivity contribution in [2.45, 2.75) is 32.2 Å². The van der Waals surface area contributed by atoms with Crippen LogP contribution in [0.5, 0.6) is 5.75 Å². The van der Waals surface area contributed by atoms with Crippen molar-refractivity contribution >= 4 is 11.3 Å². The van der Waals surface area contributed by atoms with Crippen LogP contribution in [0.2, 0.25) is 0 Å². The fourth-order valence-electron chi connectivity index (χ4n) is 1.91. The third kappa shape index (κ3) is 5.35. The predicted octanol–water partition coefficient (Wildman–Crippen LogP) is 3.50. The highest BCUT2D eigenvalue weighted by Gasteiger charge is 2.30. The van der Waals surface area contributed by atoms with Crippen LogP contribution in [-0.2, 0) is 12.8 Å². The van der Waals surface area contributed by atoms with Gasteiger partial charge in [0.05, 0.1) is 16.8 Å². The molecule has 1 aromatic carbocycles. The monoisotopic (exact) mass is 317 g/mol. The van der Waals surface area contributed by atoms with E-state index in [0.29, 0.717) is 12.8 Å². The van der Waals surface area contributed by atoms with Crippen molar-refractivity contribution in [3.05, 3.63) is 45.9 Å². The minimum absolute atomic E-state index is 0.268. The lowest BCUT2D eigenvalue weighted by molar-refractivity contribution is -0.274. The molecule has 1 aromatic heterocycles. The molecule has 0 aliphatic rings. The second-order valence-corrected chi connectivity index (χ2v) is 5.67. The number of hydrogen-bond donors (Lipinski definition) is 1. The van der Waals surface area contributed by atoms with Gasteiger partial charge in [0.25, 0.3) is 0 Å². The van der Waals surface area contributed by atoms with Gasteiger partial charge in [0.1, 0.15) is 5.75 Å². The molecule has 2 aromatic rings. The molecule has 1 unspecified atom stereocenters. The van der Waals surface area contributed by atoms with Crippen molar-refractivity contribution in [2.24, 2.45) is 0 Å². The number of nitrogens with zero attached hydrogens (tertiary/aromatic N) is 1. The number of ether oxygens (including phenoxy) is 1. The van der Waals surface area contributed by atoms with Gasteiger partial charge < -0.3 is 9.84 Å². The van der Waals surface area contributed by atoms with Crippen LogP contribution in [0, 0.1) is 6.92 Å². The summed E-state index contributed by atoms with van der Waals surface area (Å²) in [6, 6.07) is 5.50. The molecule has 1 N–H and O–H groups in total. The highest BCUT2D eigenvalue weighted by molar-refractivity contribution is 7.09. The van der Waals surface area contributed by atoms with E-state index in [0.717, 1.165) is 16.3 Å². The van der Waals surface area contributed by atoms with Gasteiger partial charge in [0, 0.05) is 11.8 Å². The van der Waals surface area contributed by atoms with Crippen molar-refractivity contribution < 1.29 is 23.0 Å². The standard InChI is InChI=1S/C14H14F3NO2S/c1-9-18-11(8-21-9)7-12(19)6-10-2-4-13(5-3-10)20-14(15,16)17/h2-5,8,12,19H,6-7H2,1H3. The molecule has 3 nitrogen and oxygen atoms in total. The summed E-state index contributed by atoms with van der Waals surface area (Å²) in [6.07, 6.45) is -4.54. The first-order chi connectivity index (χ1) is 9.82. The Hall–Kier alpha value is -1.60. The summed E-state index contributed by atoms with van der Waals surface area (Å²) in [5.74, 6) is -0.268. The summed E-state index contributed by atoms with van der Waals surface area (Å²) in [4.78, 5) is 4.26. The highest BCUT2D eigenvalue weighted by atomic mass is 32.1. The van der Waals surface area contributed by atoms with Gasteiger partial charge in [-0.3, -0.25) is 0 Å². The topological polar surface area (TPSA) is 42.4 Å². The van der Waals surface area contributed by atoms with Gasteiger partial charge in [-0.05, 0) is 31.0 Å². The summed E-state index contributed by atoms with van der Waals surface area (Å²) in [5, 5.41) is 12.8. The molecule has 2 rings (SSSR count). The van der Waals surface area contributed by atoms with E-state index in [1.54, 1.807) is 0 Å². The summed E-state index contributed by atoms with van der Waals surface area (Å²) in [6.45, 7) is 1.89. The van der Waals surface area contributed by atoms with Gasteiger partial charge in [-0.25, -0.2) is 4.98 Å². The molecule has 0 saturated heterocycles. The average Bonchev–Trinajstić information content (AvgIpc) is 2.75. The van der Waals surface area contributed by atoms with E-state index < -0.39 is 12.5 Å². The number of rotatable bonds is 5. The Kier molecular flexibility index (Phi) is 4.84. The van der Waals surface area contributed by atoms with Crippen LogP contribution in [0.15, 0.2) is 29.6 Å². The highest BCUT2D eigenvalue weighted by Crippen LogP contribution is 2.23. The van der Waals surface area contributed by atoms with E-state index in [1.165, 1.54) is 35.6 Å². The molecule has 114 valence electrons. The Morgan fingerprint density at radius 1 is 1.24 bits per heavy atom. The third-order valence-electron chi connectivity index (χ3n) is 2.74. The number of aliphatic hydroxyl groups is 1. The van der Waals surface area contributed by atoms with Gasteiger partial charge in [0.2, 0.25) is 0 Å². The summed E-state index contributed by atoms with van der Waals surface area (Å²) < 4.78 is 39.9. The van der Waals surface area contributed by atoms with Gasteiger partial charge in [-0.1, -0.05) is 12.1 Å². The lowest BCUT2D eigenvalue weighted by Gasteiger charge is -2.11. The van der Waals surface area contributed by atoms with Crippen LogP contribution in [-0.4, -0.2) is 22.6 Å². The maximum atomic E-state index is 12.0. The zero-order valence-electron chi connectivity index (χ0n) is 11.2. The molecule has 0 fully saturated rings. The Balaban J connectivity index is 1.90. The SMILES string of the molecule is Cc1nc(CC(O)Cc2ccc(OC(F)(F)F)cc2)cs1. The first kappa shape index (κ1) is 15.8. The number of halogens is 3. The third-order valence-corrected chi connectivity index (χ3v) is 3.56. The lowest BCUT2D eigenvalue weighted by atomic mass is 10.0. The number of benzene rings is 1. The van der Waals surface area contributed by atoms with Gasteiger partial charge >= 0.3 is 6.36 Å². The molecule has 0 aliphatic heterocycles. The quantitative estimate of drug-likeness (QED) is 0.918. The minimum atomic E-state index is -4.69. The van der Waals surface area contributed by atoms with Crippen LogP contribution in [0.1, 0.15) is 16.3 Å². The first-order valence-electron chi connectivity index (χ1n) is 6.25. The van der Waals surface area contributed by atoms with E-state index in [4.69, 9.17) is 0 Å². The van der Waals surface area contributed by atoms with Crippen LogP contribution in [0.4, 0.5) is 13.2 Å². The van der Waals surface area contributed by atoms with Crippen LogP contribution < -0.4 is 4.74 Å². The lowest BCUT2D eigenvalue weighted by Crippen LogP contribution is -2.17. The van der Waals surface area contributed by atoms with Crippen LogP contribution >= 0.6 is 11.3 Å². The normalized spacial score (nSPS) is 13.2. The zero-order chi connectivity index (χ0) is 15.5. The number of hydrogen-bond acceptors (Lipinski definition) is 4. The Morgan fingerprint density at radius 3 is 2.43 bits per heavy atom. The number of aryl methyl sites for hydroxylation is 1. The predicted molar refractivity (Wildman–Crippen MR) is 73.4 cm³/mol. The largest absolute Gasteiger partial charge is 0.573 e. The molecular formula is C14H14F3NO2S. The van der Waals surface area contributed by atoms with Crippen LogP contribution in [0.25, 0.3) is 0 Å². The molecule has 1 heterocycles. The molecule has 0 amide bonds. The summed E-state index contributed by atoms with van der Waals surface area (Å²) >= 11 is 1.51. The molecule has 1 atom stereocenters. The summed E-state index contributed by atoms with van der Waals surface area (Å²) in [7, 11) is 0. The van der Waals surface area contributed by atoms with Crippen molar-refractivity contribution in [3.8, 4) is 5.75 Å². The van der Waals surface area contributed by atoms with Crippen molar-refractivity contribution in [1.82, 2.24) is 4.98 Å². The molecule has 0 saturated carbocycles. The van der Waals surface area contributed by atoms with E-state index >= 15 is 0 Å². The Bertz CT molecular complexity index is 581. The Morgan fingerprint density at radius 2 is 1.90 bits per heavy atom. The zero-order valence-corrected chi connectivity index (χ0v) is 12.0.